The molecule has 1 heterocycles. The minimum atomic E-state index is -0.0667. The highest BCUT2D eigenvalue weighted by Crippen LogP contribution is 2.43. The summed E-state index contributed by atoms with van der Waals surface area (Å²) in [4.78, 5) is 4.32. The fraction of sp³-hybridized carbons (Fsp3) is 0.242. The Kier molecular flexibility index (Phi) is 6.28. The van der Waals surface area contributed by atoms with Crippen molar-refractivity contribution in [2.45, 2.75) is 26.2 Å². The van der Waals surface area contributed by atoms with E-state index in [9.17, 15) is 0 Å². The second-order valence-corrected chi connectivity index (χ2v) is 11.1. The van der Waals surface area contributed by atoms with E-state index in [0.29, 0.717) is 0 Å². The number of benzene rings is 4. The van der Waals surface area contributed by atoms with Crippen molar-refractivity contribution in [3.05, 3.63) is 96.8 Å². The number of aromatic nitrogens is 2. The monoisotopic (exact) mass is 488 g/mol. The van der Waals surface area contributed by atoms with Crippen molar-refractivity contribution in [3.63, 3.8) is 0 Å². The Labute approximate surface area is 220 Å². The molecule has 0 radical (unpaired) electrons. The van der Waals surface area contributed by atoms with Crippen LogP contribution in [0.1, 0.15) is 26.3 Å². The van der Waals surface area contributed by atoms with Crippen LogP contribution in [0.4, 0.5) is 11.4 Å². The molecule has 4 nitrogen and oxygen atoms in total. The van der Waals surface area contributed by atoms with Gasteiger partial charge in [0.15, 0.2) is 0 Å². The predicted octanol–water partition coefficient (Wildman–Crippen LogP) is 7.79. The fourth-order valence-electron chi connectivity index (χ4n) is 5.10. The molecule has 0 saturated carbocycles. The molecule has 0 N–H and O–H groups in total. The molecular formula is C33H36N4. The maximum atomic E-state index is 4.62. The van der Waals surface area contributed by atoms with Crippen molar-refractivity contribution in [1.29, 1.82) is 0 Å². The summed E-state index contributed by atoms with van der Waals surface area (Å²) in [5.74, 6) is 0. The zero-order valence-electron chi connectivity index (χ0n) is 22.9. The summed E-state index contributed by atoms with van der Waals surface area (Å²) in [7, 11) is 8.37. The first-order chi connectivity index (χ1) is 17.6. The van der Waals surface area contributed by atoms with Crippen LogP contribution < -0.4 is 9.80 Å². The van der Waals surface area contributed by atoms with Gasteiger partial charge in [0, 0.05) is 57.3 Å². The lowest BCUT2D eigenvalue weighted by Gasteiger charge is -2.27. The van der Waals surface area contributed by atoms with E-state index >= 15 is 0 Å². The number of fused-ring (bicyclic) bond motifs is 1. The molecule has 4 heteroatoms. The molecule has 1 aromatic heterocycles. The molecule has 188 valence electrons. The zero-order valence-corrected chi connectivity index (χ0v) is 22.9. The van der Waals surface area contributed by atoms with E-state index in [1.807, 2.05) is 23.1 Å². The third kappa shape index (κ3) is 4.60. The van der Waals surface area contributed by atoms with Crippen LogP contribution in [-0.4, -0.2) is 38.0 Å². The third-order valence-electron chi connectivity index (χ3n) is 7.06. The number of hydrogen-bond donors (Lipinski definition) is 0. The largest absolute Gasteiger partial charge is 0.378 e. The summed E-state index contributed by atoms with van der Waals surface area (Å²) >= 11 is 0. The molecule has 37 heavy (non-hydrogen) atoms. The summed E-state index contributed by atoms with van der Waals surface area (Å²) in [6, 6.07) is 28.8. The standard InChI is InChI=1S/C33H36N4/c1-33(2,3)30-21-29(26-17-18-31(36(6)7)27-12-9-8-11-25(26)27)28(22-32(30)37-20-10-19-34-37)23-13-15-24(16-14-23)35(4)5/h8-22H,1-7H3. The minimum Gasteiger partial charge on any atom is -0.378 e. The Morgan fingerprint density at radius 1 is 0.676 bits per heavy atom. The van der Waals surface area contributed by atoms with Crippen LogP contribution in [0.2, 0.25) is 0 Å². The quantitative estimate of drug-likeness (QED) is 0.252. The minimum absolute atomic E-state index is 0.0667. The van der Waals surface area contributed by atoms with Gasteiger partial charge in [0.25, 0.3) is 0 Å². The first-order valence-electron chi connectivity index (χ1n) is 12.8. The van der Waals surface area contributed by atoms with Crippen LogP contribution in [0.15, 0.2) is 91.3 Å². The van der Waals surface area contributed by atoms with Gasteiger partial charge in [-0.2, -0.15) is 5.10 Å². The summed E-state index contributed by atoms with van der Waals surface area (Å²) in [5.41, 5.74) is 9.59. The summed E-state index contributed by atoms with van der Waals surface area (Å²) in [6.45, 7) is 6.83. The maximum Gasteiger partial charge on any atom is 0.0689 e. The normalized spacial score (nSPS) is 11.6. The number of rotatable bonds is 5. The van der Waals surface area contributed by atoms with Crippen LogP contribution in [-0.2, 0) is 5.41 Å². The van der Waals surface area contributed by atoms with E-state index < -0.39 is 0 Å². The molecule has 5 aromatic rings. The van der Waals surface area contributed by atoms with Gasteiger partial charge < -0.3 is 9.80 Å². The fourth-order valence-corrected chi connectivity index (χ4v) is 5.10. The van der Waals surface area contributed by atoms with Crippen LogP contribution in [0.25, 0.3) is 38.7 Å². The molecule has 0 spiro atoms. The summed E-state index contributed by atoms with van der Waals surface area (Å²) in [5, 5.41) is 7.13. The third-order valence-corrected chi connectivity index (χ3v) is 7.06. The number of anilines is 2. The Morgan fingerprint density at radius 3 is 1.97 bits per heavy atom. The van der Waals surface area contributed by atoms with Gasteiger partial charge in [-0.25, -0.2) is 4.68 Å². The van der Waals surface area contributed by atoms with Crippen LogP contribution >= 0.6 is 0 Å². The topological polar surface area (TPSA) is 24.3 Å². The van der Waals surface area contributed by atoms with Crippen molar-refractivity contribution in [2.24, 2.45) is 0 Å². The van der Waals surface area contributed by atoms with Crippen molar-refractivity contribution >= 4 is 22.1 Å². The molecule has 0 aliphatic rings. The van der Waals surface area contributed by atoms with E-state index in [0.717, 1.165) is 5.69 Å². The van der Waals surface area contributed by atoms with Gasteiger partial charge in [-0.1, -0.05) is 63.2 Å². The Morgan fingerprint density at radius 2 is 1.38 bits per heavy atom. The van der Waals surface area contributed by atoms with Gasteiger partial charge in [0.2, 0.25) is 0 Å². The van der Waals surface area contributed by atoms with Gasteiger partial charge in [-0.3, -0.25) is 0 Å². The highest BCUT2D eigenvalue weighted by atomic mass is 15.3. The molecule has 5 rings (SSSR count). The maximum absolute atomic E-state index is 4.62. The molecule has 0 amide bonds. The van der Waals surface area contributed by atoms with E-state index in [1.54, 1.807) is 0 Å². The second kappa shape index (κ2) is 9.44. The van der Waals surface area contributed by atoms with Gasteiger partial charge in [-0.15, -0.1) is 0 Å². The van der Waals surface area contributed by atoms with Crippen LogP contribution in [0, 0.1) is 0 Å². The predicted molar refractivity (Wildman–Crippen MR) is 159 cm³/mol. The van der Waals surface area contributed by atoms with E-state index in [4.69, 9.17) is 0 Å². The Bertz CT molecular complexity index is 1540. The first kappa shape index (κ1) is 24.6. The summed E-state index contributed by atoms with van der Waals surface area (Å²) < 4.78 is 2.00. The molecule has 4 aromatic carbocycles. The lowest BCUT2D eigenvalue weighted by Crippen LogP contribution is -2.16. The zero-order chi connectivity index (χ0) is 26.3. The van der Waals surface area contributed by atoms with Gasteiger partial charge in [-0.05, 0) is 75.0 Å². The number of hydrogen-bond acceptors (Lipinski definition) is 3. The molecule has 0 bridgehead atoms. The molecule has 0 fully saturated rings. The molecule has 0 aliphatic carbocycles. The number of nitrogens with zero attached hydrogens (tertiary/aromatic N) is 4. The summed E-state index contributed by atoms with van der Waals surface area (Å²) in [6.07, 6.45) is 3.88. The lowest BCUT2D eigenvalue weighted by atomic mass is 9.81. The molecular weight excluding hydrogens is 452 g/mol. The average molecular weight is 489 g/mol. The smallest absolute Gasteiger partial charge is 0.0689 e. The van der Waals surface area contributed by atoms with Gasteiger partial charge in [0.05, 0.1) is 5.69 Å². The van der Waals surface area contributed by atoms with E-state index in [-0.39, 0.29) is 5.41 Å². The van der Waals surface area contributed by atoms with E-state index in [2.05, 4.69) is 137 Å². The molecule has 0 aliphatic heterocycles. The van der Waals surface area contributed by atoms with Gasteiger partial charge in [0.1, 0.15) is 0 Å². The lowest BCUT2D eigenvalue weighted by molar-refractivity contribution is 0.583. The highest BCUT2D eigenvalue weighted by Gasteiger charge is 2.24. The molecule has 0 saturated heterocycles. The second-order valence-electron chi connectivity index (χ2n) is 11.1. The van der Waals surface area contributed by atoms with Crippen molar-refractivity contribution in [3.8, 4) is 27.9 Å². The van der Waals surface area contributed by atoms with Crippen molar-refractivity contribution in [1.82, 2.24) is 9.78 Å². The Balaban J connectivity index is 1.86. The molecule has 0 atom stereocenters. The first-order valence-corrected chi connectivity index (χ1v) is 12.8. The van der Waals surface area contributed by atoms with Crippen molar-refractivity contribution in [2.75, 3.05) is 38.0 Å². The van der Waals surface area contributed by atoms with Crippen molar-refractivity contribution < 1.29 is 0 Å². The van der Waals surface area contributed by atoms with Crippen LogP contribution in [0.3, 0.4) is 0 Å². The highest BCUT2D eigenvalue weighted by molar-refractivity contribution is 6.06. The van der Waals surface area contributed by atoms with Crippen LogP contribution in [0.5, 0.6) is 0 Å². The molecule has 0 unspecified atom stereocenters. The van der Waals surface area contributed by atoms with E-state index in [1.165, 1.54) is 50.0 Å². The average Bonchev–Trinajstić information content (AvgIpc) is 3.42. The SMILES string of the molecule is CN(C)c1ccc(-c2cc(-n3cccn3)c(C(C)(C)C)cc2-c2ccc(N(C)C)c3ccccc23)cc1. The Hall–Kier alpha value is -4.05. The van der Waals surface area contributed by atoms with Gasteiger partial charge >= 0.3 is 0 Å².